The van der Waals surface area contributed by atoms with Gasteiger partial charge >= 0.3 is 5.97 Å². The van der Waals surface area contributed by atoms with Gasteiger partial charge in [0.15, 0.2) is 6.04 Å². The number of amides is 1. The Labute approximate surface area is 128 Å². The molecule has 0 aliphatic rings. The lowest BCUT2D eigenvalue weighted by molar-refractivity contribution is -0.144. The SMILES string of the molecule is C=CCOCC(NC(=O)C(C)Cc1cccc(F)c1)C(=O)O. The van der Waals surface area contributed by atoms with Crippen molar-refractivity contribution in [3.05, 3.63) is 48.3 Å². The third-order valence-electron chi connectivity index (χ3n) is 3.01. The maximum Gasteiger partial charge on any atom is 0.328 e. The number of benzene rings is 1. The Morgan fingerprint density at radius 3 is 2.82 bits per heavy atom. The van der Waals surface area contributed by atoms with Crippen LogP contribution >= 0.6 is 0 Å². The van der Waals surface area contributed by atoms with Gasteiger partial charge in [-0.1, -0.05) is 25.1 Å². The first-order valence-corrected chi connectivity index (χ1v) is 6.90. The van der Waals surface area contributed by atoms with Gasteiger partial charge in [-0.15, -0.1) is 6.58 Å². The van der Waals surface area contributed by atoms with E-state index in [1.54, 1.807) is 19.1 Å². The third kappa shape index (κ3) is 6.05. The minimum Gasteiger partial charge on any atom is -0.480 e. The first kappa shape index (κ1) is 17.8. The fourth-order valence-corrected chi connectivity index (χ4v) is 1.87. The number of carboxylic acids is 1. The van der Waals surface area contributed by atoms with Crippen LogP contribution in [0.2, 0.25) is 0 Å². The van der Waals surface area contributed by atoms with Gasteiger partial charge in [-0.25, -0.2) is 9.18 Å². The predicted octanol–water partition coefficient (Wildman–Crippen LogP) is 1.78. The van der Waals surface area contributed by atoms with Crippen molar-refractivity contribution in [1.29, 1.82) is 0 Å². The summed E-state index contributed by atoms with van der Waals surface area (Å²) in [6, 6.07) is 4.84. The van der Waals surface area contributed by atoms with Crippen LogP contribution < -0.4 is 5.32 Å². The molecule has 0 aromatic heterocycles. The van der Waals surface area contributed by atoms with Crippen LogP contribution in [0.1, 0.15) is 12.5 Å². The van der Waals surface area contributed by atoms with Gasteiger partial charge < -0.3 is 15.2 Å². The molecule has 1 aromatic rings. The summed E-state index contributed by atoms with van der Waals surface area (Å²) in [7, 11) is 0. The average molecular weight is 309 g/mol. The van der Waals surface area contributed by atoms with E-state index < -0.39 is 23.8 Å². The van der Waals surface area contributed by atoms with E-state index in [2.05, 4.69) is 11.9 Å². The van der Waals surface area contributed by atoms with Gasteiger partial charge in [0.1, 0.15) is 5.82 Å². The highest BCUT2D eigenvalue weighted by Gasteiger charge is 2.23. The molecule has 1 amide bonds. The summed E-state index contributed by atoms with van der Waals surface area (Å²) in [5.41, 5.74) is 0.678. The van der Waals surface area contributed by atoms with Crippen molar-refractivity contribution in [1.82, 2.24) is 5.32 Å². The molecule has 2 atom stereocenters. The first-order valence-electron chi connectivity index (χ1n) is 6.90. The van der Waals surface area contributed by atoms with Crippen molar-refractivity contribution in [3.8, 4) is 0 Å². The Balaban J connectivity index is 2.57. The molecule has 5 nitrogen and oxygen atoms in total. The van der Waals surface area contributed by atoms with Gasteiger partial charge in [0.05, 0.1) is 13.2 Å². The largest absolute Gasteiger partial charge is 0.480 e. The molecule has 22 heavy (non-hydrogen) atoms. The molecule has 6 heteroatoms. The summed E-state index contributed by atoms with van der Waals surface area (Å²) in [4.78, 5) is 23.1. The minimum absolute atomic E-state index is 0.139. The van der Waals surface area contributed by atoms with Crippen LogP contribution in [0.15, 0.2) is 36.9 Å². The van der Waals surface area contributed by atoms with Gasteiger partial charge in [0, 0.05) is 5.92 Å². The average Bonchev–Trinajstić information content (AvgIpc) is 2.46. The smallest absolute Gasteiger partial charge is 0.328 e. The molecule has 0 aliphatic heterocycles. The minimum atomic E-state index is -1.17. The van der Waals surface area contributed by atoms with Gasteiger partial charge in [0.2, 0.25) is 5.91 Å². The van der Waals surface area contributed by atoms with E-state index in [0.717, 1.165) is 0 Å². The predicted molar refractivity (Wildman–Crippen MR) is 79.9 cm³/mol. The number of hydrogen-bond acceptors (Lipinski definition) is 3. The zero-order valence-electron chi connectivity index (χ0n) is 12.4. The van der Waals surface area contributed by atoms with Crippen LogP contribution in [-0.4, -0.2) is 36.2 Å². The molecule has 0 heterocycles. The van der Waals surface area contributed by atoms with Gasteiger partial charge in [-0.2, -0.15) is 0 Å². The number of hydrogen-bond donors (Lipinski definition) is 2. The summed E-state index contributed by atoms with van der Waals surface area (Å²) in [5.74, 6) is -2.44. The van der Waals surface area contributed by atoms with Crippen LogP contribution in [0, 0.1) is 11.7 Å². The Kier molecular flexibility index (Phi) is 7.25. The van der Waals surface area contributed by atoms with Gasteiger partial charge in [-0.05, 0) is 24.1 Å². The van der Waals surface area contributed by atoms with E-state index >= 15 is 0 Å². The lowest BCUT2D eigenvalue weighted by Crippen LogP contribution is -2.46. The highest BCUT2D eigenvalue weighted by atomic mass is 19.1. The Morgan fingerprint density at radius 1 is 1.50 bits per heavy atom. The molecular weight excluding hydrogens is 289 g/mol. The van der Waals surface area contributed by atoms with Crippen molar-refractivity contribution < 1.29 is 23.8 Å². The molecule has 120 valence electrons. The zero-order chi connectivity index (χ0) is 16.5. The highest BCUT2D eigenvalue weighted by Crippen LogP contribution is 2.10. The lowest BCUT2D eigenvalue weighted by Gasteiger charge is -2.17. The van der Waals surface area contributed by atoms with Crippen molar-refractivity contribution in [2.24, 2.45) is 5.92 Å². The number of carbonyl (C=O) groups is 2. The fourth-order valence-electron chi connectivity index (χ4n) is 1.87. The fraction of sp³-hybridized carbons (Fsp3) is 0.375. The molecule has 2 unspecified atom stereocenters. The maximum atomic E-state index is 13.1. The van der Waals surface area contributed by atoms with E-state index in [1.807, 2.05) is 0 Å². The topological polar surface area (TPSA) is 75.6 Å². The Hall–Kier alpha value is -2.21. The Morgan fingerprint density at radius 2 is 2.23 bits per heavy atom. The van der Waals surface area contributed by atoms with Crippen molar-refractivity contribution in [3.63, 3.8) is 0 Å². The summed E-state index contributed by atoms with van der Waals surface area (Å²) in [5, 5.41) is 11.5. The summed E-state index contributed by atoms with van der Waals surface area (Å²) in [6.45, 7) is 5.18. The van der Waals surface area contributed by atoms with Gasteiger partial charge in [-0.3, -0.25) is 4.79 Å². The number of ether oxygens (including phenoxy) is 1. The third-order valence-corrected chi connectivity index (χ3v) is 3.01. The molecule has 1 rings (SSSR count). The zero-order valence-corrected chi connectivity index (χ0v) is 12.4. The van der Waals surface area contributed by atoms with Crippen LogP contribution in [-0.2, 0) is 20.7 Å². The standard InChI is InChI=1S/C16H20FNO4/c1-3-7-22-10-14(16(20)21)18-15(19)11(2)8-12-5-4-6-13(17)9-12/h3-6,9,11,14H,1,7-8,10H2,2H3,(H,18,19)(H,20,21). The molecule has 0 fully saturated rings. The monoisotopic (exact) mass is 309 g/mol. The molecule has 0 radical (unpaired) electrons. The number of carboxylic acid groups (broad SMARTS) is 1. The van der Waals surface area contributed by atoms with E-state index in [0.29, 0.717) is 12.0 Å². The summed E-state index contributed by atoms with van der Waals surface area (Å²) >= 11 is 0. The van der Waals surface area contributed by atoms with E-state index in [-0.39, 0.29) is 19.0 Å². The Bertz CT molecular complexity index is 533. The molecule has 0 saturated carbocycles. The molecule has 1 aromatic carbocycles. The summed E-state index contributed by atoms with van der Waals surface area (Å²) < 4.78 is 18.2. The van der Waals surface area contributed by atoms with E-state index in [9.17, 15) is 14.0 Å². The lowest BCUT2D eigenvalue weighted by atomic mass is 10.00. The molecule has 0 aliphatic carbocycles. The number of nitrogens with one attached hydrogen (secondary N) is 1. The normalized spacial score (nSPS) is 13.2. The first-order chi connectivity index (χ1) is 10.4. The number of halogens is 1. The van der Waals surface area contributed by atoms with Crippen molar-refractivity contribution in [2.75, 3.05) is 13.2 Å². The summed E-state index contributed by atoms with van der Waals surface area (Å²) in [6.07, 6.45) is 1.82. The molecular formula is C16H20FNO4. The van der Waals surface area contributed by atoms with Crippen LogP contribution in [0.25, 0.3) is 0 Å². The molecule has 0 bridgehead atoms. The maximum absolute atomic E-state index is 13.1. The highest BCUT2D eigenvalue weighted by molar-refractivity contribution is 5.85. The van der Waals surface area contributed by atoms with Crippen LogP contribution in [0.5, 0.6) is 0 Å². The quantitative estimate of drug-likeness (QED) is 0.538. The second-order valence-corrected chi connectivity index (χ2v) is 4.96. The van der Waals surface area contributed by atoms with E-state index in [4.69, 9.17) is 9.84 Å². The molecule has 0 saturated heterocycles. The molecule has 2 N–H and O–H groups in total. The molecule has 0 spiro atoms. The second-order valence-electron chi connectivity index (χ2n) is 4.96. The number of rotatable bonds is 9. The second kappa shape index (κ2) is 8.94. The number of carbonyl (C=O) groups excluding carboxylic acids is 1. The van der Waals surface area contributed by atoms with Crippen molar-refractivity contribution >= 4 is 11.9 Å². The van der Waals surface area contributed by atoms with E-state index in [1.165, 1.54) is 18.2 Å². The number of aliphatic carboxylic acids is 1. The van der Waals surface area contributed by atoms with Crippen LogP contribution in [0.4, 0.5) is 4.39 Å². The van der Waals surface area contributed by atoms with Crippen LogP contribution in [0.3, 0.4) is 0 Å². The van der Waals surface area contributed by atoms with Gasteiger partial charge in [0.25, 0.3) is 0 Å². The van der Waals surface area contributed by atoms with Crippen molar-refractivity contribution in [2.45, 2.75) is 19.4 Å².